The Kier molecular flexibility index (Phi) is 10.5. The van der Waals surface area contributed by atoms with Crippen molar-refractivity contribution in [3.63, 3.8) is 0 Å². The van der Waals surface area contributed by atoms with E-state index < -0.39 is 0 Å². The second kappa shape index (κ2) is 13.6. The van der Waals surface area contributed by atoms with Crippen LogP contribution in [0.25, 0.3) is 0 Å². The fourth-order valence-corrected chi connectivity index (χ4v) is 8.38. The second-order valence-electron chi connectivity index (χ2n) is 12.9. The van der Waals surface area contributed by atoms with Crippen LogP contribution in [0.4, 0.5) is 0 Å². The molecule has 0 aromatic carbocycles. The molecule has 0 saturated heterocycles. The van der Waals surface area contributed by atoms with Gasteiger partial charge < -0.3 is 5.32 Å². The molecule has 0 aliphatic heterocycles. The summed E-state index contributed by atoms with van der Waals surface area (Å²) in [4.78, 5) is 5.51. The van der Waals surface area contributed by atoms with Crippen molar-refractivity contribution in [2.24, 2.45) is 29.6 Å². The lowest BCUT2D eigenvalue weighted by molar-refractivity contribution is 0.0908. The zero-order chi connectivity index (χ0) is 24.6. The lowest BCUT2D eigenvalue weighted by atomic mass is 9.68. The molecule has 3 aliphatic rings. The van der Waals surface area contributed by atoms with Crippen molar-refractivity contribution in [2.45, 2.75) is 148 Å². The van der Waals surface area contributed by atoms with Crippen molar-refractivity contribution >= 4 is 0 Å². The molecule has 0 radical (unpaired) electrons. The lowest BCUT2D eigenvalue weighted by Gasteiger charge is -2.46. The quantitative estimate of drug-likeness (QED) is 0.360. The molecular weight excluding hydrogens is 424 g/mol. The molecule has 3 saturated carbocycles. The molecular formula is C33H56N2. The Morgan fingerprint density at radius 1 is 0.771 bits per heavy atom. The van der Waals surface area contributed by atoms with Crippen LogP contribution in [0.3, 0.4) is 0 Å². The summed E-state index contributed by atoms with van der Waals surface area (Å²) in [5, 5.41) is 4.46. The zero-order valence-corrected chi connectivity index (χ0v) is 23.6. The first-order chi connectivity index (χ1) is 17.1. The maximum absolute atomic E-state index is 5.51. The molecule has 5 atom stereocenters. The Bertz CT molecular complexity index is 718. The molecule has 35 heavy (non-hydrogen) atoms. The number of hydrogen-bond acceptors (Lipinski definition) is 2. The number of rotatable bonds is 10. The van der Waals surface area contributed by atoms with Crippen molar-refractivity contribution < 1.29 is 0 Å². The van der Waals surface area contributed by atoms with Gasteiger partial charge in [-0.15, -0.1) is 0 Å². The Balaban J connectivity index is 1.67. The minimum atomic E-state index is 0.424. The Hall–Kier alpha value is -0.890. The van der Waals surface area contributed by atoms with Gasteiger partial charge in [-0.3, -0.25) is 4.98 Å². The highest BCUT2D eigenvalue weighted by molar-refractivity contribution is 5.19. The molecule has 1 aromatic heterocycles. The summed E-state index contributed by atoms with van der Waals surface area (Å²) in [7, 11) is 0. The molecule has 1 N–H and O–H groups in total. The van der Waals surface area contributed by atoms with Crippen molar-refractivity contribution in [3.05, 3.63) is 29.6 Å². The van der Waals surface area contributed by atoms with Crippen LogP contribution < -0.4 is 5.32 Å². The smallest absolute Gasteiger partial charge is 0.0579 e. The van der Waals surface area contributed by atoms with Crippen LogP contribution in [0.1, 0.15) is 154 Å². The highest BCUT2D eigenvalue weighted by Crippen LogP contribution is 2.44. The summed E-state index contributed by atoms with van der Waals surface area (Å²) < 4.78 is 0. The van der Waals surface area contributed by atoms with Crippen LogP contribution >= 0.6 is 0 Å². The van der Waals surface area contributed by atoms with E-state index in [4.69, 9.17) is 4.98 Å². The predicted molar refractivity (Wildman–Crippen MR) is 151 cm³/mol. The van der Waals surface area contributed by atoms with E-state index in [1.54, 1.807) is 0 Å². The van der Waals surface area contributed by atoms with E-state index in [0.717, 1.165) is 29.6 Å². The maximum atomic E-state index is 5.51. The fourth-order valence-electron chi connectivity index (χ4n) is 8.38. The molecule has 0 bridgehead atoms. The van der Waals surface area contributed by atoms with Gasteiger partial charge in [-0.05, 0) is 93.1 Å². The molecule has 1 heterocycles. The van der Waals surface area contributed by atoms with Crippen molar-refractivity contribution in [1.82, 2.24) is 10.3 Å². The maximum Gasteiger partial charge on any atom is 0.0579 e. The third-order valence-electron chi connectivity index (χ3n) is 10.2. The van der Waals surface area contributed by atoms with E-state index in [9.17, 15) is 0 Å². The lowest BCUT2D eigenvalue weighted by Crippen LogP contribution is -2.49. The summed E-state index contributed by atoms with van der Waals surface area (Å²) in [6.45, 7) is 9.74. The topological polar surface area (TPSA) is 24.9 Å². The van der Waals surface area contributed by atoms with Crippen LogP contribution in [0, 0.1) is 29.6 Å². The van der Waals surface area contributed by atoms with Gasteiger partial charge in [-0.1, -0.05) is 85.1 Å². The van der Waals surface area contributed by atoms with Gasteiger partial charge in [-0.2, -0.15) is 0 Å². The second-order valence-corrected chi connectivity index (χ2v) is 12.9. The van der Waals surface area contributed by atoms with E-state index in [0.29, 0.717) is 18.0 Å². The molecule has 3 fully saturated rings. The van der Waals surface area contributed by atoms with Crippen LogP contribution in [-0.2, 0) is 0 Å². The monoisotopic (exact) mass is 480 g/mol. The van der Waals surface area contributed by atoms with E-state index in [2.05, 4.69) is 51.2 Å². The minimum absolute atomic E-state index is 0.424. The van der Waals surface area contributed by atoms with Gasteiger partial charge in [-0.25, -0.2) is 0 Å². The summed E-state index contributed by atoms with van der Waals surface area (Å²) in [5.74, 6) is 4.68. The van der Waals surface area contributed by atoms with Crippen LogP contribution in [0.15, 0.2) is 18.2 Å². The molecule has 3 aliphatic carbocycles. The van der Waals surface area contributed by atoms with Crippen LogP contribution in [0.2, 0.25) is 0 Å². The summed E-state index contributed by atoms with van der Waals surface area (Å²) in [5.41, 5.74) is 2.77. The number of aromatic nitrogens is 1. The third-order valence-corrected chi connectivity index (χ3v) is 10.2. The molecule has 1 aromatic rings. The minimum Gasteiger partial charge on any atom is -0.305 e. The van der Waals surface area contributed by atoms with E-state index in [-0.39, 0.29) is 0 Å². The molecule has 4 rings (SSSR count). The molecule has 2 heteroatoms. The average Bonchev–Trinajstić information content (AvgIpc) is 2.89. The largest absolute Gasteiger partial charge is 0.305 e. The van der Waals surface area contributed by atoms with Gasteiger partial charge in [0.05, 0.1) is 11.7 Å². The zero-order valence-electron chi connectivity index (χ0n) is 23.6. The van der Waals surface area contributed by atoms with Gasteiger partial charge in [0.1, 0.15) is 0 Å². The van der Waals surface area contributed by atoms with Gasteiger partial charge >= 0.3 is 0 Å². The van der Waals surface area contributed by atoms with Gasteiger partial charge in [0.2, 0.25) is 0 Å². The normalized spacial score (nSPS) is 31.5. The number of nitrogens with one attached hydrogen (secondary N) is 1. The standard InChI is InChI=1S/C33H56N2/c1-5-14-26-18-12-19-27(15-6-2)32(26)35-33(29-21-11-10-20-28(29)24(3)4)31-23-13-22-30(34-31)25-16-8-7-9-17-25/h13,22-29,32-33,35H,5-12,14-21H2,1-4H3. The van der Waals surface area contributed by atoms with Gasteiger partial charge in [0, 0.05) is 17.7 Å². The predicted octanol–water partition coefficient (Wildman–Crippen LogP) is 9.61. The number of nitrogens with zero attached hydrogens (tertiary/aromatic N) is 1. The first-order valence-electron chi connectivity index (χ1n) is 15.8. The van der Waals surface area contributed by atoms with E-state index >= 15 is 0 Å². The SMILES string of the molecule is CCCC1CCCC(CCC)C1NC(c1cccc(C2CCCCC2)n1)C1CCCCC1C(C)C. The molecule has 0 amide bonds. The average molecular weight is 481 g/mol. The number of pyridine rings is 1. The highest BCUT2D eigenvalue weighted by atomic mass is 15.0. The van der Waals surface area contributed by atoms with Crippen molar-refractivity contribution in [3.8, 4) is 0 Å². The van der Waals surface area contributed by atoms with Crippen molar-refractivity contribution in [1.29, 1.82) is 0 Å². The molecule has 2 nitrogen and oxygen atoms in total. The molecule has 198 valence electrons. The molecule has 0 spiro atoms. The van der Waals surface area contributed by atoms with Crippen LogP contribution in [0.5, 0.6) is 0 Å². The Morgan fingerprint density at radius 3 is 2.03 bits per heavy atom. The summed E-state index contributed by atoms with van der Waals surface area (Å²) in [6.07, 6.45) is 22.2. The number of hydrogen-bond donors (Lipinski definition) is 1. The Labute approximate surface area is 217 Å². The summed E-state index contributed by atoms with van der Waals surface area (Å²) in [6, 6.07) is 8.18. The first kappa shape index (κ1) is 27.2. The summed E-state index contributed by atoms with van der Waals surface area (Å²) >= 11 is 0. The van der Waals surface area contributed by atoms with Gasteiger partial charge in [0.25, 0.3) is 0 Å². The van der Waals surface area contributed by atoms with Crippen molar-refractivity contribution in [2.75, 3.05) is 0 Å². The van der Waals surface area contributed by atoms with E-state index in [1.165, 1.54) is 114 Å². The van der Waals surface area contributed by atoms with Gasteiger partial charge in [0.15, 0.2) is 0 Å². The molecule has 5 unspecified atom stereocenters. The first-order valence-corrected chi connectivity index (χ1v) is 15.8. The highest BCUT2D eigenvalue weighted by Gasteiger charge is 2.40. The van der Waals surface area contributed by atoms with Crippen LogP contribution in [-0.4, -0.2) is 11.0 Å². The van der Waals surface area contributed by atoms with E-state index in [1.807, 2.05) is 0 Å². The fraction of sp³-hybridized carbons (Fsp3) is 0.848. The third kappa shape index (κ3) is 6.91. The Morgan fingerprint density at radius 2 is 1.40 bits per heavy atom.